The molecule has 1 unspecified atom stereocenters. The normalized spacial score (nSPS) is 18.8. The summed E-state index contributed by atoms with van der Waals surface area (Å²) in [5.41, 5.74) is 1.40. The predicted molar refractivity (Wildman–Crippen MR) is 95.6 cm³/mol. The van der Waals surface area contributed by atoms with Gasteiger partial charge in [0.05, 0.1) is 10.7 Å². The fourth-order valence-electron chi connectivity index (χ4n) is 3.19. The molecule has 1 fully saturated rings. The molecule has 23 heavy (non-hydrogen) atoms. The van der Waals surface area contributed by atoms with Gasteiger partial charge in [0.15, 0.2) is 0 Å². The number of hydrogen-bond acceptors (Lipinski definition) is 4. The van der Waals surface area contributed by atoms with Crippen LogP contribution in [-0.2, 0) is 6.54 Å². The Morgan fingerprint density at radius 1 is 1.43 bits per heavy atom. The third kappa shape index (κ3) is 4.44. The third-order valence-corrected chi connectivity index (χ3v) is 4.38. The van der Waals surface area contributed by atoms with E-state index in [0.29, 0.717) is 16.6 Å². The van der Waals surface area contributed by atoms with Gasteiger partial charge < -0.3 is 5.32 Å². The molecule has 3 heterocycles. The number of aromatic nitrogens is 2. The van der Waals surface area contributed by atoms with E-state index in [9.17, 15) is 4.79 Å². The van der Waals surface area contributed by atoms with Crippen LogP contribution in [0.4, 0.5) is 0 Å². The van der Waals surface area contributed by atoms with E-state index in [4.69, 9.17) is 11.6 Å². The molecule has 0 spiro atoms. The monoisotopic (exact) mass is 356 g/mol. The van der Waals surface area contributed by atoms with E-state index in [2.05, 4.69) is 15.2 Å². The minimum absolute atomic E-state index is 0. The molecule has 0 aliphatic carbocycles. The Labute approximate surface area is 147 Å². The number of nitrogens with one attached hydrogen (secondary N) is 1. The first-order valence-electron chi connectivity index (χ1n) is 7.70. The number of likely N-dealkylation sites (tertiary alicyclic amines) is 1. The molecule has 2 aromatic rings. The second-order valence-corrected chi connectivity index (χ2v) is 6.40. The first-order chi connectivity index (χ1) is 10.7. The van der Waals surface area contributed by atoms with Crippen molar-refractivity contribution >= 4 is 29.7 Å². The van der Waals surface area contributed by atoms with Gasteiger partial charge in [-0.3, -0.25) is 14.1 Å². The molecule has 0 aromatic carbocycles. The van der Waals surface area contributed by atoms with E-state index in [1.165, 1.54) is 17.2 Å². The Balaban J connectivity index is 0.00000192. The van der Waals surface area contributed by atoms with Crippen molar-refractivity contribution < 1.29 is 0 Å². The maximum Gasteiger partial charge on any atom is 0.258 e. The van der Waals surface area contributed by atoms with Gasteiger partial charge in [0.1, 0.15) is 5.65 Å². The first kappa shape index (κ1) is 18.2. The van der Waals surface area contributed by atoms with Gasteiger partial charge in [-0.1, -0.05) is 11.6 Å². The number of nitrogens with zero attached hydrogens (tertiary/aromatic N) is 3. The first-order valence-corrected chi connectivity index (χ1v) is 8.08. The van der Waals surface area contributed by atoms with Crippen LogP contribution in [0.2, 0.25) is 5.02 Å². The summed E-state index contributed by atoms with van der Waals surface area (Å²) in [5.74, 6) is 0.680. The maximum atomic E-state index is 12.2. The standard InChI is InChI=1S/C16H21ClN4O.ClH/c1-18-8-12-3-2-6-20(9-12)11-14-7-16(22)21-10-13(17)4-5-15(21)19-14;/h4-5,7,10,12,18H,2-3,6,8-9,11H2,1H3;1H. The fourth-order valence-corrected chi connectivity index (χ4v) is 3.35. The van der Waals surface area contributed by atoms with Crippen molar-refractivity contribution in [2.45, 2.75) is 19.4 Å². The number of pyridine rings is 1. The second-order valence-electron chi connectivity index (χ2n) is 5.96. The van der Waals surface area contributed by atoms with Crippen molar-refractivity contribution in [3.63, 3.8) is 0 Å². The largest absolute Gasteiger partial charge is 0.319 e. The minimum atomic E-state index is -0.0775. The van der Waals surface area contributed by atoms with Gasteiger partial charge >= 0.3 is 0 Å². The molecular formula is C16H22Cl2N4O. The van der Waals surface area contributed by atoms with Crippen LogP contribution in [0.1, 0.15) is 18.5 Å². The SMILES string of the molecule is CNCC1CCCN(Cc2cc(=O)n3cc(Cl)ccc3n2)C1.Cl. The summed E-state index contributed by atoms with van der Waals surface area (Å²) in [6.45, 7) is 3.90. The van der Waals surface area contributed by atoms with E-state index in [1.54, 1.807) is 24.4 Å². The van der Waals surface area contributed by atoms with E-state index < -0.39 is 0 Å². The second kappa shape index (κ2) is 8.11. The van der Waals surface area contributed by atoms with Gasteiger partial charge in [0, 0.05) is 25.4 Å². The lowest BCUT2D eigenvalue weighted by Crippen LogP contribution is -2.39. The molecule has 1 saturated heterocycles. The summed E-state index contributed by atoms with van der Waals surface area (Å²) < 4.78 is 1.49. The van der Waals surface area contributed by atoms with Gasteiger partial charge in [0.25, 0.3) is 5.56 Å². The lowest BCUT2D eigenvalue weighted by atomic mass is 9.98. The lowest BCUT2D eigenvalue weighted by Gasteiger charge is -2.32. The zero-order chi connectivity index (χ0) is 15.5. The molecule has 126 valence electrons. The number of rotatable bonds is 4. The van der Waals surface area contributed by atoms with Crippen LogP contribution in [0.3, 0.4) is 0 Å². The Hall–Kier alpha value is -1.14. The molecule has 5 nitrogen and oxygen atoms in total. The average Bonchev–Trinajstić information content (AvgIpc) is 2.49. The van der Waals surface area contributed by atoms with Crippen molar-refractivity contribution in [2.24, 2.45) is 5.92 Å². The molecule has 1 aliphatic rings. The topological polar surface area (TPSA) is 49.6 Å². The highest BCUT2D eigenvalue weighted by Crippen LogP contribution is 2.17. The van der Waals surface area contributed by atoms with Crippen LogP contribution in [0.25, 0.3) is 5.65 Å². The summed E-state index contributed by atoms with van der Waals surface area (Å²) in [6, 6.07) is 5.16. The molecular weight excluding hydrogens is 335 g/mol. The van der Waals surface area contributed by atoms with E-state index in [-0.39, 0.29) is 18.0 Å². The number of piperidine rings is 1. The van der Waals surface area contributed by atoms with Crippen molar-refractivity contribution in [2.75, 3.05) is 26.7 Å². The molecule has 0 amide bonds. The van der Waals surface area contributed by atoms with Gasteiger partial charge in [-0.15, -0.1) is 12.4 Å². The predicted octanol–water partition coefficient (Wildman–Crippen LogP) is 2.20. The molecule has 1 N–H and O–H groups in total. The fraction of sp³-hybridized carbons (Fsp3) is 0.500. The zero-order valence-corrected chi connectivity index (χ0v) is 14.7. The molecule has 0 radical (unpaired) electrons. The van der Waals surface area contributed by atoms with E-state index in [1.807, 2.05) is 7.05 Å². The quantitative estimate of drug-likeness (QED) is 0.912. The Morgan fingerprint density at radius 2 is 2.26 bits per heavy atom. The van der Waals surface area contributed by atoms with Gasteiger partial charge in [-0.25, -0.2) is 4.98 Å². The van der Waals surface area contributed by atoms with Crippen LogP contribution in [0.5, 0.6) is 0 Å². The van der Waals surface area contributed by atoms with Crippen molar-refractivity contribution in [1.82, 2.24) is 19.6 Å². The highest BCUT2D eigenvalue weighted by Gasteiger charge is 2.20. The molecule has 1 atom stereocenters. The van der Waals surface area contributed by atoms with Crippen LogP contribution >= 0.6 is 24.0 Å². The highest BCUT2D eigenvalue weighted by molar-refractivity contribution is 6.30. The summed E-state index contributed by atoms with van der Waals surface area (Å²) in [5, 5.41) is 3.79. The number of fused-ring (bicyclic) bond motifs is 1. The number of hydrogen-bond donors (Lipinski definition) is 1. The Kier molecular flexibility index (Phi) is 6.41. The number of halogens is 2. The third-order valence-electron chi connectivity index (χ3n) is 4.16. The summed E-state index contributed by atoms with van der Waals surface area (Å²) in [7, 11) is 2.00. The molecule has 3 rings (SSSR count). The zero-order valence-electron chi connectivity index (χ0n) is 13.2. The maximum absolute atomic E-state index is 12.2. The van der Waals surface area contributed by atoms with Crippen LogP contribution < -0.4 is 10.9 Å². The van der Waals surface area contributed by atoms with Crippen molar-refractivity contribution in [1.29, 1.82) is 0 Å². The van der Waals surface area contributed by atoms with Crippen molar-refractivity contribution in [3.05, 3.63) is 45.5 Å². The van der Waals surface area contributed by atoms with Gasteiger partial charge in [-0.2, -0.15) is 0 Å². The lowest BCUT2D eigenvalue weighted by molar-refractivity contribution is 0.165. The van der Waals surface area contributed by atoms with Crippen LogP contribution in [0, 0.1) is 5.92 Å². The molecule has 2 aromatic heterocycles. The summed E-state index contributed by atoms with van der Waals surface area (Å²) in [4.78, 5) is 19.2. The molecule has 7 heteroatoms. The Morgan fingerprint density at radius 3 is 3.04 bits per heavy atom. The highest BCUT2D eigenvalue weighted by atomic mass is 35.5. The average molecular weight is 357 g/mol. The van der Waals surface area contributed by atoms with Gasteiger partial charge in [-0.05, 0) is 51.0 Å². The Bertz CT molecular complexity index is 717. The minimum Gasteiger partial charge on any atom is -0.319 e. The van der Waals surface area contributed by atoms with Crippen molar-refractivity contribution in [3.8, 4) is 0 Å². The molecule has 0 saturated carbocycles. The molecule has 0 bridgehead atoms. The summed E-state index contributed by atoms with van der Waals surface area (Å²) in [6.07, 6.45) is 4.08. The summed E-state index contributed by atoms with van der Waals surface area (Å²) >= 11 is 5.93. The van der Waals surface area contributed by atoms with E-state index in [0.717, 1.165) is 31.9 Å². The smallest absolute Gasteiger partial charge is 0.258 e. The van der Waals surface area contributed by atoms with Crippen LogP contribution in [-0.4, -0.2) is 41.0 Å². The molecule has 1 aliphatic heterocycles. The van der Waals surface area contributed by atoms with E-state index >= 15 is 0 Å². The van der Waals surface area contributed by atoms with Gasteiger partial charge in [0.2, 0.25) is 0 Å². The van der Waals surface area contributed by atoms with Crippen LogP contribution in [0.15, 0.2) is 29.2 Å².